The van der Waals surface area contributed by atoms with E-state index in [2.05, 4.69) is 15.5 Å². The zero-order valence-corrected chi connectivity index (χ0v) is 17.9. The minimum atomic E-state index is -3.31. The predicted molar refractivity (Wildman–Crippen MR) is 119 cm³/mol. The topological polar surface area (TPSA) is 64.1 Å². The van der Waals surface area contributed by atoms with E-state index in [0.29, 0.717) is 26.7 Å². The fourth-order valence-electron chi connectivity index (χ4n) is 3.02. The first-order valence-corrected chi connectivity index (χ1v) is 10.2. The molecule has 1 N–H and O–H groups in total. The van der Waals surface area contributed by atoms with Crippen LogP contribution in [-0.2, 0) is 5.92 Å². The van der Waals surface area contributed by atoms with Crippen molar-refractivity contribution in [3.8, 4) is 11.6 Å². The molecule has 0 saturated heterocycles. The van der Waals surface area contributed by atoms with Crippen LogP contribution in [0, 0.1) is 0 Å². The Kier molecular flexibility index (Phi) is 6.21. The summed E-state index contributed by atoms with van der Waals surface area (Å²) in [6.45, 7) is -0.926. The molecule has 4 aromatic rings. The summed E-state index contributed by atoms with van der Waals surface area (Å²) in [5.41, 5.74) is 0.153. The Hall–Kier alpha value is -3.29. The van der Waals surface area contributed by atoms with Crippen molar-refractivity contribution in [3.05, 3.63) is 94.0 Å². The number of carbonyl (C=O) groups is 1. The number of fused-ring (bicyclic) bond motifs is 1. The number of aromatic nitrogens is 2. The molecule has 162 valence electrons. The number of hydrogen-bond acceptors (Lipinski definition) is 4. The highest BCUT2D eigenvalue weighted by atomic mass is 35.5. The number of nitrogens with one attached hydrogen (secondary N) is 1. The van der Waals surface area contributed by atoms with Crippen LogP contribution in [-0.4, -0.2) is 22.6 Å². The van der Waals surface area contributed by atoms with Crippen LogP contribution in [0.3, 0.4) is 0 Å². The van der Waals surface area contributed by atoms with Gasteiger partial charge in [0.2, 0.25) is 0 Å². The van der Waals surface area contributed by atoms with Crippen LogP contribution < -0.4 is 10.1 Å². The van der Waals surface area contributed by atoms with Gasteiger partial charge in [-0.3, -0.25) is 4.79 Å². The summed E-state index contributed by atoms with van der Waals surface area (Å²) in [4.78, 5) is 13.0. The van der Waals surface area contributed by atoms with E-state index >= 15 is 0 Å². The summed E-state index contributed by atoms with van der Waals surface area (Å²) >= 11 is 11.7. The van der Waals surface area contributed by atoms with Gasteiger partial charge in [0, 0.05) is 21.0 Å². The highest BCUT2D eigenvalue weighted by Gasteiger charge is 2.33. The average molecular weight is 474 g/mol. The van der Waals surface area contributed by atoms with Crippen molar-refractivity contribution in [2.24, 2.45) is 0 Å². The van der Waals surface area contributed by atoms with Crippen LogP contribution in [0.4, 0.5) is 8.78 Å². The third-order valence-electron chi connectivity index (χ3n) is 4.63. The zero-order chi connectivity index (χ0) is 22.7. The van der Waals surface area contributed by atoms with Gasteiger partial charge in [0.25, 0.3) is 17.7 Å². The first kappa shape index (κ1) is 21.9. The molecule has 32 heavy (non-hydrogen) atoms. The second kappa shape index (κ2) is 9.06. The molecular formula is C23H15Cl2F2N3O2. The number of rotatable bonds is 6. The lowest BCUT2D eigenvalue weighted by Crippen LogP contribution is -2.35. The number of ether oxygens (including phenoxy) is 1. The molecule has 4 rings (SSSR count). The molecule has 1 amide bonds. The van der Waals surface area contributed by atoms with Crippen LogP contribution in [0.1, 0.15) is 15.9 Å². The Morgan fingerprint density at radius 2 is 1.53 bits per heavy atom. The number of carbonyl (C=O) groups excluding carboxylic acids is 1. The molecule has 0 atom stereocenters. The van der Waals surface area contributed by atoms with Crippen LogP contribution in [0.5, 0.6) is 11.6 Å². The maximum Gasteiger partial charge on any atom is 0.290 e. The Morgan fingerprint density at radius 3 is 2.22 bits per heavy atom. The fraction of sp³-hybridized carbons (Fsp3) is 0.0870. The molecule has 0 fully saturated rings. The number of halogens is 4. The van der Waals surface area contributed by atoms with Gasteiger partial charge in [0.05, 0.1) is 12.1 Å². The molecule has 1 heterocycles. The highest BCUT2D eigenvalue weighted by Crippen LogP contribution is 2.31. The molecule has 0 spiro atoms. The van der Waals surface area contributed by atoms with Gasteiger partial charge in [-0.15, -0.1) is 10.2 Å². The molecule has 0 radical (unpaired) electrons. The first-order valence-electron chi connectivity index (χ1n) is 9.44. The second-order valence-corrected chi connectivity index (χ2v) is 7.72. The molecule has 1 aromatic heterocycles. The van der Waals surface area contributed by atoms with Crippen LogP contribution in [0.2, 0.25) is 10.0 Å². The summed E-state index contributed by atoms with van der Waals surface area (Å²) in [6, 6.07) is 18.3. The van der Waals surface area contributed by atoms with Crippen molar-refractivity contribution in [3.63, 3.8) is 0 Å². The average Bonchev–Trinajstić information content (AvgIpc) is 2.79. The maximum atomic E-state index is 14.6. The zero-order valence-electron chi connectivity index (χ0n) is 16.4. The van der Waals surface area contributed by atoms with E-state index in [4.69, 9.17) is 27.9 Å². The summed E-state index contributed by atoms with van der Waals surface area (Å²) < 4.78 is 35.0. The minimum absolute atomic E-state index is 0.00236. The second-order valence-electron chi connectivity index (χ2n) is 6.85. The third-order valence-corrected chi connectivity index (χ3v) is 5.13. The van der Waals surface area contributed by atoms with Gasteiger partial charge in [0.15, 0.2) is 0 Å². The van der Waals surface area contributed by atoms with E-state index in [9.17, 15) is 13.6 Å². The molecule has 3 aromatic carbocycles. The number of amides is 1. The largest absolute Gasteiger partial charge is 0.437 e. The van der Waals surface area contributed by atoms with Gasteiger partial charge in [-0.1, -0.05) is 53.5 Å². The summed E-state index contributed by atoms with van der Waals surface area (Å²) in [7, 11) is 0. The standard InChI is InChI=1S/C23H15Cl2F2N3O2/c24-15-7-5-14(6-8-15)23(26,27)13-28-21(31)20-18-3-1-2-4-19(18)29-30-22(20)32-17-11-9-16(25)10-12-17/h1-12H,13H2,(H,28,31). The van der Waals surface area contributed by atoms with Crippen LogP contribution in [0.15, 0.2) is 72.8 Å². The lowest BCUT2D eigenvalue weighted by atomic mass is 10.1. The highest BCUT2D eigenvalue weighted by molar-refractivity contribution is 6.30. The molecule has 0 aliphatic heterocycles. The minimum Gasteiger partial charge on any atom is -0.437 e. The molecule has 0 aliphatic carbocycles. The van der Waals surface area contributed by atoms with E-state index in [1.165, 1.54) is 24.3 Å². The summed E-state index contributed by atoms with van der Waals surface area (Å²) in [5.74, 6) is -3.83. The number of nitrogens with zero attached hydrogens (tertiary/aromatic N) is 2. The Morgan fingerprint density at radius 1 is 0.906 bits per heavy atom. The first-order chi connectivity index (χ1) is 15.3. The maximum absolute atomic E-state index is 14.6. The van der Waals surface area contributed by atoms with E-state index in [1.54, 1.807) is 48.5 Å². The van der Waals surface area contributed by atoms with Crippen LogP contribution >= 0.6 is 23.2 Å². The quantitative estimate of drug-likeness (QED) is 0.359. The van der Waals surface area contributed by atoms with Crippen molar-refractivity contribution in [1.82, 2.24) is 15.5 Å². The van der Waals surface area contributed by atoms with Crippen LogP contribution in [0.25, 0.3) is 10.9 Å². The van der Waals surface area contributed by atoms with E-state index in [1.807, 2.05) is 0 Å². The molecule has 0 unspecified atom stereocenters. The fourth-order valence-corrected chi connectivity index (χ4v) is 3.27. The van der Waals surface area contributed by atoms with Gasteiger partial charge < -0.3 is 10.1 Å². The SMILES string of the molecule is O=C(NCC(F)(F)c1ccc(Cl)cc1)c1c(Oc2ccc(Cl)cc2)nnc2ccccc12. The molecule has 0 bridgehead atoms. The van der Waals surface area contributed by atoms with Crippen molar-refractivity contribution < 1.29 is 18.3 Å². The molecular weight excluding hydrogens is 459 g/mol. The van der Waals surface area contributed by atoms with Crippen molar-refractivity contribution in [1.29, 1.82) is 0 Å². The molecule has 0 saturated carbocycles. The Labute approximate surface area is 191 Å². The monoisotopic (exact) mass is 473 g/mol. The van der Waals surface area contributed by atoms with Crippen molar-refractivity contribution in [2.45, 2.75) is 5.92 Å². The smallest absolute Gasteiger partial charge is 0.290 e. The lowest BCUT2D eigenvalue weighted by molar-refractivity contribution is -0.00248. The molecule has 5 nitrogen and oxygen atoms in total. The van der Waals surface area contributed by atoms with Gasteiger partial charge in [0.1, 0.15) is 11.3 Å². The van der Waals surface area contributed by atoms with Gasteiger partial charge >= 0.3 is 0 Å². The normalized spacial score (nSPS) is 11.4. The predicted octanol–water partition coefficient (Wildman–Crippen LogP) is 6.25. The van der Waals surface area contributed by atoms with Crippen molar-refractivity contribution >= 4 is 40.0 Å². The van der Waals surface area contributed by atoms with E-state index in [-0.39, 0.29) is 17.0 Å². The molecule has 0 aliphatic rings. The molecule has 9 heteroatoms. The Balaban J connectivity index is 1.64. The van der Waals surface area contributed by atoms with Gasteiger partial charge in [-0.25, -0.2) is 0 Å². The number of alkyl halides is 2. The number of benzene rings is 3. The van der Waals surface area contributed by atoms with Crippen molar-refractivity contribution in [2.75, 3.05) is 6.54 Å². The number of hydrogen-bond donors (Lipinski definition) is 1. The Bertz CT molecular complexity index is 1270. The van der Waals surface area contributed by atoms with E-state index in [0.717, 1.165) is 0 Å². The summed E-state index contributed by atoms with van der Waals surface area (Å²) in [5, 5.41) is 11.6. The van der Waals surface area contributed by atoms with Gasteiger partial charge in [-0.2, -0.15) is 8.78 Å². The third kappa shape index (κ3) is 4.79. The lowest BCUT2D eigenvalue weighted by Gasteiger charge is -2.18. The summed E-state index contributed by atoms with van der Waals surface area (Å²) in [6.07, 6.45) is 0. The van der Waals surface area contributed by atoms with E-state index < -0.39 is 18.4 Å². The van der Waals surface area contributed by atoms with Gasteiger partial charge in [-0.05, 0) is 42.5 Å².